The molecule has 0 atom stereocenters. The highest BCUT2D eigenvalue weighted by atomic mass is 14.8. The second-order valence-electron chi connectivity index (χ2n) is 10.1. The minimum atomic E-state index is 0.958. The van der Waals surface area contributed by atoms with Crippen molar-refractivity contribution in [2.24, 2.45) is 0 Å². The summed E-state index contributed by atoms with van der Waals surface area (Å²) in [5.74, 6) is 0. The molecule has 0 aromatic carbocycles. The topological polar surface area (TPSA) is 57.4 Å². The largest absolute Gasteiger partial charge is 0.355 e. The van der Waals surface area contributed by atoms with Crippen LogP contribution in [0.3, 0.4) is 0 Å². The van der Waals surface area contributed by atoms with Gasteiger partial charge in [-0.25, -0.2) is 9.97 Å². The van der Waals surface area contributed by atoms with E-state index in [0.717, 1.165) is 70.5 Å². The lowest BCUT2D eigenvalue weighted by atomic mass is 10.0. The van der Waals surface area contributed by atoms with Crippen LogP contribution in [0.1, 0.15) is 99.4 Å². The van der Waals surface area contributed by atoms with Gasteiger partial charge in [0.1, 0.15) is 0 Å². The highest BCUT2D eigenvalue weighted by molar-refractivity contribution is 5.94. The molecule has 5 rings (SSSR count). The molecule has 0 spiro atoms. The molecule has 8 bridgehead atoms. The molecule has 0 unspecified atom stereocenters. The lowest BCUT2D eigenvalue weighted by molar-refractivity contribution is 1.14. The van der Waals surface area contributed by atoms with Gasteiger partial charge in [-0.15, -0.1) is 0 Å². The molecule has 36 heavy (non-hydrogen) atoms. The minimum absolute atomic E-state index is 0.958. The van der Waals surface area contributed by atoms with Gasteiger partial charge in [0.05, 0.1) is 22.8 Å². The molecule has 186 valence electrons. The number of nitrogens with zero attached hydrogens (tertiary/aromatic N) is 2. The van der Waals surface area contributed by atoms with Crippen molar-refractivity contribution in [3.63, 3.8) is 0 Å². The van der Waals surface area contributed by atoms with Gasteiger partial charge in [0.25, 0.3) is 0 Å². The van der Waals surface area contributed by atoms with Crippen molar-refractivity contribution >= 4 is 44.4 Å². The smallest absolute Gasteiger partial charge is 0.0693 e. The van der Waals surface area contributed by atoms with Crippen LogP contribution in [0.15, 0.2) is 24.3 Å². The van der Waals surface area contributed by atoms with Gasteiger partial charge in [-0.2, -0.15) is 0 Å². The van der Waals surface area contributed by atoms with Crippen molar-refractivity contribution < 1.29 is 0 Å². The molecule has 5 heterocycles. The number of allylic oxidation sites excluding steroid dienone is 4. The van der Waals surface area contributed by atoms with Crippen molar-refractivity contribution in [3.8, 4) is 0 Å². The molecule has 4 nitrogen and oxygen atoms in total. The normalized spacial score (nSPS) is 13.8. The summed E-state index contributed by atoms with van der Waals surface area (Å²) in [6.07, 6.45) is 3.86. The number of nitrogens with one attached hydrogen (secondary N) is 2. The first-order valence-electron chi connectivity index (χ1n) is 13.4. The van der Waals surface area contributed by atoms with Crippen LogP contribution >= 0.6 is 0 Å². The van der Waals surface area contributed by atoms with E-state index in [4.69, 9.17) is 9.97 Å². The summed E-state index contributed by atoms with van der Waals surface area (Å²) in [6.45, 7) is 17.8. The maximum atomic E-state index is 5.16. The second kappa shape index (κ2) is 9.24. The Kier molecular flexibility index (Phi) is 6.23. The Morgan fingerprint density at radius 2 is 0.861 bits per heavy atom. The Morgan fingerprint density at radius 1 is 0.500 bits per heavy atom. The molecular formula is C32H38N4. The van der Waals surface area contributed by atoms with Gasteiger partial charge in [0.2, 0.25) is 0 Å². The van der Waals surface area contributed by atoms with Crippen LogP contribution in [0.2, 0.25) is 0 Å². The molecule has 0 aliphatic carbocycles. The lowest BCUT2D eigenvalue weighted by Crippen LogP contribution is -1.83. The average molecular weight is 479 g/mol. The fourth-order valence-corrected chi connectivity index (χ4v) is 6.02. The number of H-pyrrole nitrogens is 2. The van der Waals surface area contributed by atoms with Crippen LogP contribution in [0.5, 0.6) is 0 Å². The van der Waals surface area contributed by atoms with Crippen LogP contribution in [0, 0.1) is 13.8 Å². The molecule has 0 saturated heterocycles. The maximum Gasteiger partial charge on any atom is 0.0693 e. The molecule has 0 fully saturated rings. The van der Waals surface area contributed by atoms with Crippen LogP contribution in [0.25, 0.3) is 44.4 Å². The zero-order valence-electron chi connectivity index (χ0n) is 23.0. The summed E-state index contributed by atoms with van der Waals surface area (Å²) in [7, 11) is 0. The van der Waals surface area contributed by atoms with E-state index < -0.39 is 0 Å². The Balaban J connectivity index is 2.00. The molecule has 0 amide bonds. The van der Waals surface area contributed by atoms with E-state index in [1.807, 2.05) is 0 Å². The first kappa shape index (κ1) is 24.3. The number of hydrogen-bond donors (Lipinski definition) is 2. The minimum Gasteiger partial charge on any atom is -0.355 e. The summed E-state index contributed by atoms with van der Waals surface area (Å²) in [6, 6.07) is 8.98. The summed E-state index contributed by atoms with van der Waals surface area (Å²) >= 11 is 0. The van der Waals surface area contributed by atoms with E-state index in [1.54, 1.807) is 0 Å². The summed E-state index contributed by atoms with van der Waals surface area (Å²) in [4.78, 5) is 17.7. The predicted molar refractivity (Wildman–Crippen MR) is 155 cm³/mol. The fraction of sp³-hybridized carbons (Fsp3) is 0.375. The number of fused-ring (bicyclic) bond motifs is 8. The van der Waals surface area contributed by atoms with Gasteiger partial charge in [-0.1, -0.05) is 27.7 Å². The third-order valence-electron chi connectivity index (χ3n) is 8.21. The third kappa shape index (κ3) is 3.75. The third-order valence-corrected chi connectivity index (χ3v) is 8.21. The molecule has 2 aliphatic heterocycles. The van der Waals surface area contributed by atoms with Gasteiger partial charge >= 0.3 is 0 Å². The van der Waals surface area contributed by atoms with Crippen LogP contribution in [-0.4, -0.2) is 19.9 Å². The van der Waals surface area contributed by atoms with Gasteiger partial charge in [-0.05, 0) is 122 Å². The first-order chi connectivity index (χ1) is 17.3. The summed E-state index contributed by atoms with van der Waals surface area (Å²) in [5.41, 5.74) is 19.3. The highest BCUT2D eigenvalue weighted by Gasteiger charge is 2.19. The van der Waals surface area contributed by atoms with Crippen molar-refractivity contribution in [1.82, 2.24) is 19.9 Å². The van der Waals surface area contributed by atoms with Crippen molar-refractivity contribution in [3.05, 3.63) is 69.3 Å². The fourth-order valence-electron chi connectivity index (χ4n) is 6.02. The van der Waals surface area contributed by atoms with E-state index in [9.17, 15) is 0 Å². The Labute approximate surface area is 214 Å². The van der Waals surface area contributed by atoms with Gasteiger partial charge in [-0.3, -0.25) is 0 Å². The zero-order chi connectivity index (χ0) is 25.7. The molecule has 0 saturated carbocycles. The summed E-state index contributed by atoms with van der Waals surface area (Å²) < 4.78 is 0. The van der Waals surface area contributed by atoms with Gasteiger partial charge in [0.15, 0.2) is 0 Å². The van der Waals surface area contributed by atoms with Crippen LogP contribution in [0.4, 0.5) is 0 Å². The number of aromatic nitrogens is 4. The molecule has 3 aromatic heterocycles. The Bertz CT molecular complexity index is 1600. The SMILES string of the molecule is CCC1=C(C)c2cc3[nH]c(cc4nc(cc5[nH]c(cc1n2)c(C)c5CC)C(C)=C4CC)c(CC)c3C. The first-order valence-corrected chi connectivity index (χ1v) is 13.4. The van der Waals surface area contributed by atoms with E-state index in [1.165, 1.54) is 44.5 Å². The van der Waals surface area contributed by atoms with Crippen molar-refractivity contribution in [2.45, 2.75) is 81.1 Å². The quantitative estimate of drug-likeness (QED) is 0.394. The average Bonchev–Trinajstić information content (AvgIpc) is 3.51. The number of hydrogen-bond acceptors (Lipinski definition) is 2. The van der Waals surface area contributed by atoms with E-state index in [2.05, 4.69) is 89.6 Å². The Hall–Kier alpha value is -3.40. The molecule has 2 N–H and O–H groups in total. The predicted octanol–water partition coefficient (Wildman–Crippen LogP) is 8.74. The molecule has 4 heteroatoms. The van der Waals surface area contributed by atoms with Crippen molar-refractivity contribution in [1.29, 1.82) is 0 Å². The monoisotopic (exact) mass is 478 g/mol. The van der Waals surface area contributed by atoms with E-state index in [-0.39, 0.29) is 0 Å². The number of aromatic amines is 2. The maximum absolute atomic E-state index is 5.16. The molecule has 2 aliphatic rings. The number of rotatable bonds is 4. The van der Waals surface area contributed by atoms with Crippen LogP contribution < -0.4 is 0 Å². The van der Waals surface area contributed by atoms with Gasteiger partial charge < -0.3 is 9.97 Å². The zero-order valence-corrected chi connectivity index (χ0v) is 23.0. The van der Waals surface area contributed by atoms with Crippen molar-refractivity contribution in [2.75, 3.05) is 0 Å². The molecule has 0 radical (unpaired) electrons. The van der Waals surface area contributed by atoms with E-state index in [0.29, 0.717) is 0 Å². The molecule has 3 aromatic rings. The summed E-state index contributed by atoms with van der Waals surface area (Å²) in [5, 5.41) is 0. The highest BCUT2D eigenvalue weighted by Crippen LogP contribution is 2.36. The van der Waals surface area contributed by atoms with Crippen LogP contribution in [-0.2, 0) is 12.8 Å². The lowest BCUT2D eigenvalue weighted by Gasteiger charge is -2.00. The van der Waals surface area contributed by atoms with Gasteiger partial charge in [0, 0.05) is 22.1 Å². The Morgan fingerprint density at radius 3 is 1.25 bits per heavy atom. The second-order valence-corrected chi connectivity index (χ2v) is 10.1. The standard InChI is InChI=1S/C32H38N4/c1-9-21-17(5)25-13-26-18(6)23(11-3)31(34-26)16-32-24(12-4)20(8)28(36-32)15-30-22(10-2)19(7)27(35-30)14-29(21)33-25/h13-16,34-35H,9-12H2,1-8H3. The number of aryl methyl sites for hydroxylation is 4. The molecular weight excluding hydrogens is 440 g/mol. The van der Waals surface area contributed by atoms with E-state index >= 15 is 0 Å².